The number of hydrogen-bond donors (Lipinski definition) is 1. The van der Waals surface area contributed by atoms with Gasteiger partial charge in [0.05, 0.1) is 26.4 Å². The summed E-state index contributed by atoms with van der Waals surface area (Å²) in [5.41, 5.74) is 2.12. The largest absolute Gasteiger partial charge is 0.493 e. The average Bonchev–Trinajstić information content (AvgIpc) is 2.61. The van der Waals surface area contributed by atoms with E-state index in [0.717, 1.165) is 17.5 Å². The highest BCUT2D eigenvalue weighted by molar-refractivity contribution is 5.89. The molecule has 0 heterocycles. The molecule has 0 saturated carbocycles. The third-order valence-electron chi connectivity index (χ3n) is 3.65. The number of benzene rings is 2. The second-order valence-electron chi connectivity index (χ2n) is 5.32. The number of rotatable bonds is 9. The normalized spacial score (nSPS) is 10.4. The zero-order valence-corrected chi connectivity index (χ0v) is 14.0. The molecule has 0 spiro atoms. The van der Waals surface area contributed by atoms with Gasteiger partial charge in [-0.3, -0.25) is 0 Å². The molecule has 0 aliphatic carbocycles. The van der Waals surface area contributed by atoms with E-state index in [2.05, 4.69) is 0 Å². The Labute approximate surface area is 141 Å². The summed E-state index contributed by atoms with van der Waals surface area (Å²) >= 11 is 0. The second kappa shape index (κ2) is 8.93. The predicted molar refractivity (Wildman–Crippen MR) is 90.9 cm³/mol. The first-order valence-electron chi connectivity index (χ1n) is 7.75. The summed E-state index contributed by atoms with van der Waals surface area (Å²) in [6.45, 7) is 1.15. The highest BCUT2D eigenvalue weighted by atomic mass is 16.5. The summed E-state index contributed by atoms with van der Waals surface area (Å²) in [5.74, 6) is 0.0145. The van der Waals surface area contributed by atoms with Gasteiger partial charge in [-0.2, -0.15) is 0 Å². The molecule has 0 aromatic heterocycles. The molecule has 2 aromatic rings. The second-order valence-corrected chi connectivity index (χ2v) is 5.32. The maximum atomic E-state index is 11.2. The molecule has 1 N–H and O–H groups in total. The fourth-order valence-electron chi connectivity index (χ4n) is 2.48. The van der Waals surface area contributed by atoms with Crippen molar-refractivity contribution in [1.82, 2.24) is 0 Å². The van der Waals surface area contributed by atoms with E-state index in [1.54, 1.807) is 13.2 Å². The molecular formula is C19H22O5. The summed E-state index contributed by atoms with van der Waals surface area (Å²) in [5, 5.41) is 9.21. The summed E-state index contributed by atoms with van der Waals surface area (Å²) in [6, 6.07) is 13.1. The molecule has 0 bridgehead atoms. The third kappa shape index (κ3) is 4.73. The maximum absolute atomic E-state index is 11.2. The lowest BCUT2D eigenvalue weighted by Crippen LogP contribution is -2.04. The van der Waals surface area contributed by atoms with E-state index in [0.29, 0.717) is 31.1 Å². The summed E-state index contributed by atoms with van der Waals surface area (Å²) in [6.07, 6.45) is 1.41. The van der Waals surface area contributed by atoms with Crippen LogP contribution in [0.5, 0.6) is 11.5 Å². The minimum atomic E-state index is -0.988. The number of aromatic carboxylic acids is 1. The zero-order chi connectivity index (χ0) is 17.4. The standard InChI is InChI=1S/C19H22O5/c1-22-17-12-16(19(20)21)11-15(18(17)23-2)9-6-10-24-13-14-7-4-3-5-8-14/h3-5,7-8,11-12H,6,9-10,13H2,1-2H3,(H,20,21). The molecule has 2 rings (SSSR count). The predicted octanol–water partition coefficient (Wildman–Crippen LogP) is 3.55. The van der Waals surface area contributed by atoms with Crippen molar-refractivity contribution in [2.45, 2.75) is 19.4 Å². The molecule has 0 aliphatic rings. The Morgan fingerprint density at radius 2 is 1.83 bits per heavy atom. The van der Waals surface area contributed by atoms with Crippen molar-refractivity contribution in [3.63, 3.8) is 0 Å². The number of aryl methyl sites for hydroxylation is 1. The Kier molecular flexibility index (Phi) is 6.63. The molecule has 5 nitrogen and oxygen atoms in total. The van der Waals surface area contributed by atoms with Crippen LogP contribution in [0.15, 0.2) is 42.5 Å². The Bertz CT molecular complexity index is 667. The fourth-order valence-corrected chi connectivity index (χ4v) is 2.48. The lowest BCUT2D eigenvalue weighted by atomic mass is 10.0. The minimum Gasteiger partial charge on any atom is -0.493 e. The molecule has 0 aliphatic heterocycles. The number of ether oxygens (including phenoxy) is 3. The summed E-state index contributed by atoms with van der Waals surface area (Å²) < 4.78 is 16.3. The van der Waals surface area contributed by atoms with Crippen LogP contribution in [0.4, 0.5) is 0 Å². The Morgan fingerprint density at radius 3 is 2.46 bits per heavy atom. The third-order valence-corrected chi connectivity index (χ3v) is 3.65. The van der Waals surface area contributed by atoms with Gasteiger partial charge in [0.25, 0.3) is 0 Å². The van der Waals surface area contributed by atoms with Gasteiger partial charge < -0.3 is 19.3 Å². The van der Waals surface area contributed by atoms with Gasteiger partial charge in [-0.25, -0.2) is 4.79 Å². The number of hydrogen-bond acceptors (Lipinski definition) is 4. The van der Waals surface area contributed by atoms with Crippen LogP contribution in [0, 0.1) is 0 Å². The van der Waals surface area contributed by atoms with Crippen molar-refractivity contribution in [3.8, 4) is 11.5 Å². The number of carbonyl (C=O) groups is 1. The summed E-state index contributed by atoms with van der Waals surface area (Å²) in [7, 11) is 3.05. The van der Waals surface area contributed by atoms with Gasteiger partial charge in [0, 0.05) is 6.61 Å². The fraction of sp³-hybridized carbons (Fsp3) is 0.316. The van der Waals surface area contributed by atoms with Crippen LogP contribution in [0.1, 0.15) is 27.9 Å². The first-order chi connectivity index (χ1) is 11.7. The van der Waals surface area contributed by atoms with Crippen LogP contribution < -0.4 is 9.47 Å². The molecule has 24 heavy (non-hydrogen) atoms. The zero-order valence-electron chi connectivity index (χ0n) is 14.0. The molecule has 0 fully saturated rings. The molecule has 0 amide bonds. The van der Waals surface area contributed by atoms with Gasteiger partial charge in [-0.15, -0.1) is 0 Å². The highest BCUT2D eigenvalue weighted by Gasteiger charge is 2.15. The van der Waals surface area contributed by atoms with Gasteiger partial charge in [0.2, 0.25) is 0 Å². The van der Waals surface area contributed by atoms with E-state index in [1.807, 2.05) is 30.3 Å². The number of carboxylic acid groups (broad SMARTS) is 1. The van der Waals surface area contributed by atoms with Crippen molar-refractivity contribution < 1.29 is 24.1 Å². The Morgan fingerprint density at radius 1 is 1.08 bits per heavy atom. The van der Waals surface area contributed by atoms with Crippen LogP contribution >= 0.6 is 0 Å². The van der Waals surface area contributed by atoms with Gasteiger partial charge in [-0.05, 0) is 36.1 Å². The van der Waals surface area contributed by atoms with Crippen LogP contribution in [0.3, 0.4) is 0 Å². The molecule has 2 aromatic carbocycles. The van der Waals surface area contributed by atoms with E-state index >= 15 is 0 Å². The summed E-state index contributed by atoms with van der Waals surface area (Å²) in [4.78, 5) is 11.2. The van der Waals surface area contributed by atoms with Gasteiger partial charge in [0.15, 0.2) is 11.5 Å². The smallest absolute Gasteiger partial charge is 0.335 e. The van der Waals surface area contributed by atoms with Gasteiger partial charge in [-0.1, -0.05) is 30.3 Å². The molecule has 0 unspecified atom stereocenters. The molecule has 0 atom stereocenters. The number of carboxylic acids is 1. The molecule has 128 valence electrons. The van der Waals surface area contributed by atoms with E-state index in [9.17, 15) is 9.90 Å². The monoisotopic (exact) mass is 330 g/mol. The topological polar surface area (TPSA) is 65.0 Å². The lowest BCUT2D eigenvalue weighted by Gasteiger charge is -2.14. The van der Waals surface area contributed by atoms with E-state index < -0.39 is 5.97 Å². The van der Waals surface area contributed by atoms with Crippen LogP contribution in [-0.4, -0.2) is 31.9 Å². The maximum Gasteiger partial charge on any atom is 0.335 e. The van der Waals surface area contributed by atoms with Crippen molar-refractivity contribution in [2.75, 3.05) is 20.8 Å². The number of methoxy groups -OCH3 is 2. The quantitative estimate of drug-likeness (QED) is 0.712. The molecule has 0 radical (unpaired) electrons. The van der Waals surface area contributed by atoms with Crippen molar-refractivity contribution >= 4 is 5.97 Å². The van der Waals surface area contributed by atoms with Crippen LogP contribution in [-0.2, 0) is 17.8 Å². The first-order valence-corrected chi connectivity index (χ1v) is 7.75. The van der Waals surface area contributed by atoms with Crippen molar-refractivity contribution in [3.05, 3.63) is 59.2 Å². The van der Waals surface area contributed by atoms with Crippen molar-refractivity contribution in [2.24, 2.45) is 0 Å². The van der Waals surface area contributed by atoms with Crippen molar-refractivity contribution in [1.29, 1.82) is 0 Å². The van der Waals surface area contributed by atoms with Gasteiger partial charge in [0.1, 0.15) is 0 Å². The van der Waals surface area contributed by atoms with E-state index in [1.165, 1.54) is 13.2 Å². The first kappa shape index (κ1) is 17.8. The molecule has 0 saturated heterocycles. The Hall–Kier alpha value is -2.53. The molecule has 5 heteroatoms. The Balaban J connectivity index is 1.95. The van der Waals surface area contributed by atoms with Crippen LogP contribution in [0.25, 0.3) is 0 Å². The lowest BCUT2D eigenvalue weighted by molar-refractivity contribution is 0.0696. The molecular weight excluding hydrogens is 308 g/mol. The average molecular weight is 330 g/mol. The van der Waals surface area contributed by atoms with Gasteiger partial charge >= 0.3 is 5.97 Å². The van der Waals surface area contributed by atoms with E-state index in [4.69, 9.17) is 14.2 Å². The minimum absolute atomic E-state index is 0.188. The van der Waals surface area contributed by atoms with Crippen LogP contribution in [0.2, 0.25) is 0 Å². The van der Waals surface area contributed by atoms with E-state index in [-0.39, 0.29) is 5.56 Å². The SMILES string of the molecule is COc1cc(C(=O)O)cc(CCCOCc2ccccc2)c1OC. The highest BCUT2D eigenvalue weighted by Crippen LogP contribution is 2.33.